The van der Waals surface area contributed by atoms with Gasteiger partial charge in [0, 0.05) is 30.3 Å². The maximum absolute atomic E-state index is 6.41. The van der Waals surface area contributed by atoms with E-state index in [0.29, 0.717) is 6.04 Å². The largest absolute Gasteiger partial charge is 0.374 e. The minimum Gasteiger partial charge on any atom is -0.374 e. The maximum Gasteiger partial charge on any atom is 0.0474 e. The Labute approximate surface area is 123 Å². The van der Waals surface area contributed by atoms with Crippen molar-refractivity contribution in [2.24, 2.45) is 5.41 Å². The van der Waals surface area contributed by atoms with E-state index in [1.807, 2.05) is 0 Å². The van der Waals surface area contributed by atoms with Crippen LogP contribution < -0.4 is 10.2 Å². The van der Waals surface area contributed by atoms with Gasteiger partial charge in [-0.05, 0) is 36.6 Å². The minimum absolute atomic E-state index is 0.275. The van der Waals surface area contributed by atoms with Crippen molar-refractivity contribution in [3.8, 4) is 0 Å². The molecule has 0 bridgehead atoms. The van der Waals surface area contributed by atoms with Gasteiger partial charge >= 0.3 is 0 Å². The fourth-order valence-electron chi connectivity index (χ4n) is 2.32. The Balaban J connectivity index is 2.87. The SMILES string of the molecule is CCNC(C)c1ccc(N(C)CC(C)(C)C)cc1Cl. The second-order valence-corrected chi connectivity index (χ2v) is 6.81. The summed E-state index contributed by atoms with van der Waals surface area (Å²) in [6.45, 7) is 12.9. The van der Waals surface area contributed by atoms with E-state index in [-0.39, 0.29) is 5.41 Å². The average Bonchev–Trinajstić information content (AvgIpc) is 2.26. The highest BCUT2D eigenvalue weighted by Gasteiger charge is 2.15. The van der Waals surface area contributed by atoms with Crippen LogP contribution in [0.5, 0.6) is 0 Å². The van der Waals surface area contributed by atoms with Crippen LogP contribution in [0.3, 0.4) is 0 Å². The van der Waals surface area contributed by atoms with Crippen LogP contribution in [-0.4, -0.2) is 20.1 Å². The van der Waals surface area contributed by atoms with Crippen LogP contribution in [0, 0.1) is 5.41 Å². The third-order valence-corrected chi connectivity index (χ3v) is 3.44. The van der Waals surface area contributed by atoms with E-state index < -0.39 is 0 Å². The molecule has 1 atom stereocenters. The fourth-order valence-corrected chi connectivity index (χ4v) is 2.66. The molecule has 1 rings (SSSR count). The van der Waals surface area contributed by atoms with Gasteiger partial charge in [0.25, 0.3) is 0 Å². The molecule has 0 heterocycles. The lowest BCUT2D eigenvalue weighted by Crippen LogP contribution is -2.29. The topological polar surface area (TPSA) is 15.3 Å². The highest BCUT2D eigenvalue weighted by molar-refractivity contribution is 6.31. The fraction of sp³-hybridized carbons (Fsp3) is 0.625. The van der Waals surface area contributed by atoms with Gasteiger partial charge in [-0.1, -0.05) is 45.4 Å². The van der Waals surface area contributed by atoms with Gasteiger partial charge in [-0.15, -0.1) is 0 Å². The van der Waals surface area contributed by atoms with E-state index >= 15 is 0 Å². The molecule has 0 saturated carbocycles. The first kappa shape index (κ1) is 16.3. The molecule has 0 aliphatic rings. The van der Waals surface area contributed by atoms with E-state index in [1.54, 1.807) is 0 Å². The number of nitrogens with one attached hydrogen (secondary N) is 1. The van der Waals surface area contributed by atoms with E-state index in [2.05, 4.69) is 70.1 Å². The Hall–Kier alpha value is -0.730. The Bertz CT molecular complexity index is 410. The zero-order valence-electron chi connectivity index (χ0n) is 13.0. The van der Waals surface area contributed by atoms with Crippen molar-refractivity contribution in [2.45, 2.75) is 40.7 Å². The lowest BCUT2D eigenvalue weighted by Gasteiger charge is -2.29. The van der Waals surface area contributed by atoms with E-state index in [9.17, 15) is 0 Å². The van der Waals surface area contributed by atoms with E-state index in [4.69, 9.17) is 11.6 Å². The number of halogens is 1. The second-order valence-electron chi connectivity index (χ2n) is 6.40. The molecule has 1 N–H and O–H groups in total. The molecule has 0 aromatic heterocycles. The summed E-state index contributed by atoms with van der Waals surface area (Å²) < 4.78 is 0. The predicted octanol–water partition coefficient (Wildman–Crippen LogP) is 4.49. The van der Waals surface area contributed by atoms with Crippen molar-refractivity contribution in [2.75, 3.05) is 25.0 Å². The molecular weight excluding hydrogens is 256 g/mol. The summed E-state index contributed by atoms with van der Waals surface area (Å²) in [5, 5.41) is 4.23. The first-order valence-corrected chi connectivity index (χ1v) is 7.36. The number of benzene rings is 1. The molecule has 108 valence electrons. The number of anilines is 1. The lowest BCUT2D eigenvalue weighted by atomic mass is 9.96. The Morgan fingerprint density at radius 3 is 2.42 bits per heavy atom. The molecule has 1 unspecified atom stereocenters. The quantitative estimate of drug-likeness (QED) is 0.856. The lowest BCUT2D eigenvalue weighted by molar-refractivity contribution is 0.419. The summed E-state index contributed by atoms with van der Waals surface area (Å²) in [6, 6.07) is 6.64. The van der Waals surface area contributed by atoms with Crippen molar-refractivity contribution in [3.63, 3.8) is 0 Å². The summed E-state index contributed by atoms with van der Waals surface area (Å²) in [6.07, 6.45) is 0. The summed E-state index contributed by atoms with van der Waals surface area (Å²) in [5.74, 6) is 0. The van der Waals surface area contributed by atoms with E-state index in [0.717, 1.165) is 23.7 Å². The van der Waals surface area contributed by atoms with Crippen molar-refractivity contribution >= 4 is 17.3 Å². The average molecular weight is 283 g/mol. The van der Waals surface area contributed by atoms with Crippen LogP contribution in [-0.2, 0) is 0 Å². The van der Waals surface area contributed by atoms with Crippen LogP contribution in [0.4, 0.5) is 5.69 Å². The van der Waals surface area contributed by atoms with Crippen molar-refractivity contribution < 1.29 is 0 Å². The highest BCUT2D eigenvalue weighted by Crippen LogP contribution is 2.28. The van der Waals surface area contributed by atoms with Crippen LogP contribution >= 0.6 is 11.6 Å². The summed E-state index contributed by atoms with van der Waals surface area (Å²) in [7, 11) is 2.12. The summed E-state index contributed by atoms with van der Waals surface area (Å²) >= 11 is 6.41. The summed E-state index contributed by atoms with van der Waals surface area (Å²) in [5.41, 5.74) is 2.61. The molecule has 3 heteroatoms. The first-order chi connectivity index (χ1) is 8.74. The number of hydrogen-bond donors (Lipinski definition) is 1. The van der Waals surface area contributed by atoms with E-state index in [1.165, 1.54) is 5.69 Å². The molecule has 0 fully saturated rings. The van der Waals surface area contributed by atoms with Gasteiger partial charge in [0.1, 0.15) is 0 Å². The molecule has 1 aromatic rings. The third kappa shape index (κ3) is 5.04. The monoisotopic (exact) mass is 282 g/mol. The smallest absolute Gasteiger partial charge is 0.0474 e. The number of hydrogen-bond acceptors (Lipinski definition) is 2. The molecule has 1 aromatic carbocycles. The minimum atomic E-state index is 0.275. The number of nitrogens with zero attached hydrogens (tertiary/aromatic N) is 1. The Morgan fingerprint density at radius 2 is 1.95 bits per heavy atom. The molecule has 2 nitrogen and oxygen atoms in total. The van der Waals surface area contributed by atoms with Crippen LogP contribution in [0.1, 0.15) is 46.2 Å². The van der Waals surface area contributed by atoms with Crippen molar-refractivity contribution in [1.82, 2.24) is 5.32 Å². The van der Waals surface area contributed by atoms with Gasteiger partial charge < -0.3 is 10.2 Å². The maximum atomic E-state index is 6.41. The van der Waals surface area contributed by atoms with Gasteiger partial charge in [-0.2, -0.15) is 0 Å². The molecule has 0 amide bonds. The molecule has 19 heavy (non-hydrogen) atoms. The van der Waals surface area contributed by atoms with Crippen LogP contribution in [0.2, 0.25) is 5.02 Å². The molecule has 0 aliphatic carbocycles. The molecule has 0 saturated heterocycles. The zero-order chi connectivity index (χ0) is 14.6. The highest BCUT2D eigenvalue weighted by atomic mass is 35.5. The Kier molecular flexibility index (Phi) is 5.69. The predicted molar refractivity (Wildman–Crippen MR) is 86.3 cm³/mol. The van der Waals surface area contributed by atoms with Crippen molar-refractivity contribution in [3.05, 3.63) is 28.8 Å². The van der Waals surface area contributed by atoms with Gasteiger partial charge in [-0.3, -0.25) is 0 Å². The first-order valence-electron chi connectivity index (χ1n) is 6.98. The van der Waals surface area contributed by atoms with Crippen molar-refractivity contribution in [1.29, 1.82) is 0 Å². The second kappa shape index (κ2) is 6.62. The zero-order valence-corrected chi connectivity index (χ0v) is 13.8. The molecule has 0 radical (unpaired) electrons. The Morgan fingerprint density at radius 1 is 1.32 bits per heavy atom. The number of rotatable bonds is 5. The van der Waals surface area contributed by atoms with Gasteiger partial charge in [0.15, 0.2) is 0 Å². The molecule has 0 aliphatic heterocycles. The standard InChI is InChI=1S/C16H27ClN2/c1-7-18-12(2)14-9-8-13(10-15(14)17)19(6)11-16(3,4)5/h8-10,12,18H,7,11H2,1-6H3. The van der Waals surface area contributed by atoms with Gasteiger partial charge in [-0.25, -0.2) is 0 Å². The third-order valence-electron chi connectivity index (χ3n) is 3.11. The summed E-state index contributed by atoms with van der Waals surface area (Å²) in [4.78, 5) is 2.26. The molecule has 0 spiro atoms. The van der Waals surface area contributed by atoms with Crippen LogP contribution in [0.15, 0.2) is 18.2 Å². The normalized spacial score (nSPS) is 13.4. The molecular formula is C16H27ClN2. The van der Waals surface area contributed by atoms with Crippen LogP contribution in [0.25, 0.3) is 0 Å². The van der Waals surface area contributed by atoms with Gasteiger partial charge in [0.2, 0.25) is 0 Å². The van der Waals surface area contributed by atoms with Gasteiger partial charge in [0.05, 0.1) is 0 Å².